The molecule has 0 atom stereocenters. The molecule has 0 amide bonds. The van der Waals surface area contributed by atoms with Gasteiger partial charge in [-0.25, -0.2) is 0 Å². The van der Waals surface area contributed by atoms with E-state index in [9.17, 15) is 0 Å². The Balaban J connectivity index is 2.03. The molecule has 3 heteroatoms. The Hall–Kier alpha value is -1.09. The smallest absolute Gasteiger partial charge is 0.0562 e. The predicted molar refractivity (Wildman–Crippen MR) is 86.1 cm³/mol. The Morgan fingerprint density at radius 1 is 1.30 bits per heavy atom. The first kappa shape index (κ1) is 15.3. The number of pyridine rings is 1. The molecule has 1 aliphatic heterocycles. The minimum Gasteiger partial charge on any atom is -0.371 e. The van der Waals surface area contributed by atoms with Crippen molar-refractivity contribution in [2.45, 2.75) is 59.5 Å². The highest BCUT2D eigenvalue weighted by Crippen LogP contribution is 2.31. The fourth-order valence-electron chi connectivity index (χ4n) is 2.75. The molecule has 0 bridgehead atoms. The minimum absolute atomic E-state index is 0.490. The van der Waals surface area contributed by atoms with Crippen LogP contribution in [0.3, 0.4) is 0 Å². The van der Waals surface area contributed by atoms with Crippen molar-refractivity contribution in [3.05, 3.63) is 24.0 Å². The summed E-state index contributed by atoms with van der Waals surface area (Å²) in [6.07, 6.45) is 5.84. The maximum atomic E-state index is 4.47. The number of nitrogens with zero attached hydrogens (tertiary/aromatic N) is 2. The molecule has 1 aromatic heterocycles. The third kappa shape index (κ3) is 4.48. The number of aromatic nitrogens is 1. The highest BCUT2D eigenvalue weighted by atomic mass is 15.1. The first-order valence-corrected chi connectivity index (χ1v) is 7.89. The van der Waals surface area contributed by atoms with Gasteiger partial charge in [0.1, 0.15) is 0 Å². The Kier molecular flexibility index (Phi) is 5.03. The van der Waals surface area contributed by atoms with E-state index >= 15 is 0 Å². The van der Waals surface area contributed by atoms with Gasteiger partial charge in [0.05, 0.1) is 5.69 Å². The summed E-state index contributed by atoms with van der Waals surface area (Å²) in [5, 5.41) is 3.44. The van der Waals surface area contributed by atoms with Crippen LogP contribution < -0.4 is 10.2 Å². The molecule has 0 saturated carbocycles. The Labute approximate surface area is 123 Å². The lowest BCUT2D eigenvalue weighted by molar-refractivity contribution is 0.325. The van der Waals surface area contributed by atoms with Crippen LogP contribution in [0, 0.1) is 5.41 Å². The first-order valence-electron chi connectivity index (χ1n) is 7.89. The van der Waals surface area contributed by atoms with E-state index in [1.807, 2.05) is 6.20 Å². The Bertz CT molecular complexity index is 426. The van der Waals surface area contributed by atoms with E-state index < -0.39 is 0 Å². The van der Waals surface area contributed by atoms with Gasteiger partial charge in [-0.1, -0.05) is 27.7 Å². The highest BCUT2D eigenvalue weighted by Gasteiger charge is 2.23. The van der Waals surface area contributed by atoms with E-state index in [4.69, 9.17) is 0 Å². The van der Waals surface area contributed by atoms with Crippen molar-refractivity contribution in [1.29, 1.82) is 0 Å². The Morgan fingerprint density at radius 3 is 2.85 bits per heavy atom. The monoisotopic (exact) mass is 275 g/mol. The molecule has 0 aromatic carbocycles. The summed E-state index contributed by atoms with van der Waals surface area (Å²) < 4.78 is 0. The number of hydrogen-bond donors (Lipinski definition) is 1. The van der Waals surface area contributed by atoms with Crippen molar-refractivity contribution >= 4 is 5.69 Å². The van der Waals surface area contributed by atoms with Crippen LogP contribution in [0.15, 0.2) is 18.3 Å². The van der Waals surface area contributed by atoms with Gasteiger partial charge in [0, 0.05) is 37.6 Å². The molecule has 1 saturated heterocycles. The molecule has 0 radical (unpaired) electrons. The van der Waals surface area contributed by atoms with Crippen molar-refractivity contribution < 1.29 is 0 Å². The molecule has 20 heavy (non-hydrogen) atoms. The molecule has 2 heterocycles. The van der Waals surface area contributed by atoms with Crippen molar-refractivity contribution in [3.8, 4) is 0 Å². The van der Waals surface area contributed by atoms with Gasteiger partial charge < -0.3 is 10.2 Å². The van der Waals surface area contributed by atoms with Crippen LogP contribution in [0.5, 0.6) is 0 Å². The molecule has 0 spiro atoms. The zero-order valence-electron chi connectivity index (χ0n) is 13.4. The summed E-state index contributed by atoms with van der Waals surface area (Å²) in [5.74, 6) is 0. The van der Waals surface area contributed by atoms with Crippen molar-refractivity contribution in [2.24, 2.45) is 5.41 Å². The fraction of sp³-hybridized carbons (Fsp3) is 0.706. The highest BCUT2D eigenvalue weighted by molar-refractivity contribution is 5.46. The second-order valence-corrected chi connectivity index (χ2v) is 7.05. The molecule has 1 aliphatic rings. The normalized spacial score (nSPS) is 19.1. The van der Waals surface area contributed by atoms with E-state index in [-0.39, 0.29) is 0 Å². The van der Waals surface area contributed by atoms with Crippen LogP contribution in [0.25, 0.3) is 0 Å². The van der Waals surface area contributed by atoms with Crippen LogP contribution in [-0.4, -0.2) is 24.1 Å². The zero-order chi connectivity index (χ0) is 14.6. The van der Waals surface area contributed by atoms with E-state index in [0.717, 1.165) is 18.8 Å². The van der Waals surface area contributed by atoms with Crippen molar-refractivity contribution in [1.82, 2.24) is 10.3 Å². The summed E-state index contributed by atoms with van der Waals surface area (Å²) >= 11 is 0. The van der Waals surface area contributed by atoms with Crippen molar-refractivity contribution in [2.75, 3.05) is 18.0 Å². The molecule has 3 nitrogen and oxygen atoms in total. The van der Waals surface area contributed by atoms with Gasteiger partial charge in [0.25, 0.3) is 0 Å². The molecule has 1 aromatic rings. The third-order valence-corrected chi connectivity index (χ3v) is 4.20. The largest absolute Gasteiger partial charge is 0.371 e. The summed E-state index contributed by atoms with van der Waals surface area (Å²) in [6, 6.07) is 4.89. The molecular formula is C17H29N3. The molecular weight excluding hydrogens is 246 g/mol. The first-order chi connectivity index (χ1) is 9.46. The van der Waals surface area contributed by atoms with Gasteiger partial charge in [0.15, 0.2) is 0 Å². The van der Waals surface area contributed by atoms with Crippen LogP contribution in [0.4, 0.5) is 5.69 Å². The Morgan fingerprint density at radius 2 is 2.10 bits per heavy atom. The van der Waals surface area contributed by atoms with E-state index in [2.05, 4.69) is 55.0 Å². The fourth-order valence-corrected chi connectivity index (χ4v) is 2.75. The summed E-state index contributed by atoms with van der Waals surface area (Å²) in [6.45, 7) is 12.3. The van der Waals surface area contributed by atoms with Gasteiger partial charge in [-0.05, 0) is 36.8 Å². The molecule has 0 unspecified atom stereocenters. The van der Waals surface area contributed by atoms with Gasteiger partial charge >= 0.3 is 0 Å². The van der Waals surface area contributed by atoms with Gasteiger partial charge in [-0.2, -0.15) is 0 Å². The van der Waals surface area contributed by atoms with Crippen LogP contribution in [0.2, 0.25) is 0 Å². The number of anilines is 1. The second-order valence-electron chi connectivity index (χ2n) is 7.05. The molecule has 2 rings (SSSR count). The molecule has 0 aliphatic carbocycles. The lowest BCUT2D eigenvalue weighted by atomic mass is 9.85. The zero-order valence-corrected chi connectivity index (χ0v) is 13.4. The minimum atomic E-state index is 0.490. The van der Waals surface area contributed by atoms with Crippen LogP contribution in [-0.2, 0) is 6.54 Å². The maximum Gasteiger partial charge on any atom is 0.0562 e. The second kappa shape index (κ2) is 6.57. The lowest BCUT2D eigenvalue weighted by Gasteiger charge is -2.25. The number of nitrogens with one attached hydrogen (secondary N) is 1. The molecule has 1 fully saturated rings. The van der Waals surface area contributed by atoms with E-state index in [1.54, 1.807) is 0 Å². The maximum absolute atomic E-state index is 4.47. The SMILES string of the molecule is CC(C)NCc1cc(N2CCCC(C)(C)CC2)ccn1. The average Bonchev–Trinajstić information content (AvgIpc) is 2.58. The van der Waals surface area contributed by atoms with Crippen LogP contribution in [0.1, 0.15) is 52.7 Å². The standard InChI is InChI=1S/C17H29N3/c1-14(2)19-13-15-12-16(6-9-18-15)20-10-5-7-17(3,4)8-11-20/h6,9,12,14,19H,5,7-8,10-11,13H2,1-4H3. The van der Waals surface area contributed by atoms with Crippen molar-refractivity contribution in [3.63, 3.8) is 0 Å². The quantitative estimate of drug-likeness (QED) is 0.910. The molecule has 1 N–H and O–H groups in total. The molecule has 112 valence electrons. The third-order valence-electron chi connectivity index (χ3n) is 4.20. The van der Waals surface area contributed by atoms with Crippen LogP contribution >= 0.6 is 0 Å². The van der Waals surface area contributed by atoms with E-state index in [0.29, 0.717) is 11.5 Å². The predicted octanol–water partition coefficient (Wildman–Crippen LogP) is 3.60. The number of rotatable bonds is 4. The summed E-state index contributed by atoms with van der Waals surface area (Å²) in [4.78, 5) is 6.99. The van der Waals surface area contributed by atoms with E-state index in [1.165, 1.54) is 31.5 Å². The van der Waals surface area contributed by atoms with Gasteiger partial charge in [0.2, 0.25) is 0 Å². The average molecular weight is 275 g/mol. The lowest BCUT2D eigenvalue weighted by Crippen LogP contribution is -2.26. The number of hydrogen-bond acceptors (Lipinski definition) is 3. The van der Waals surface area contributed by atoms with Gasteiger partial charge in [-0.15, -0.1) is 0 Å². The topological polar surface area (TPSA) is 28.2 Å². The van der Waals surface area contributed by atoms with Gasteiger partial charge in [-0.3, -0.25) is 4.98 Å². The summed E-state index contributed by atoms with van der Waals surface area (Å²) in [5.41, 5.74) is 2.96. The summed E-state index contributed by atoms with van der Waals surface area (Å²) in [7, 11) is 0.